The van der Waals surface area contributed by atoms with Crippen LogP contribution >= 0.6 is 11.3 Å². The molecule has 0 bridgehead atoms. The van der Waals surface area contributed by atoms with E-state index in [9.17, 15) is 0 Å². The quantitative estimate of drug-likeness (QED) is 0.831. The molecule has 0 saturated carbocycles. The van der Waals surface area contributed by atoms with Crippen LogP contribution in [-0.4, -0.2) is 48.8 Å². The SMILES string of the molecule is Cc1ncsc1CN(C)C(C)CNCC1CCCO1. The van der Waals surface area contributed by atoms with E-state index >= 15 is 0 Å². The van der Waals surface area contributed by atoms with Gasteiger partial charge >= 0.3 is 0 Å². The predicted molar refractivity (Wildman–Crippen MR) is 79.6 cm³/mol. The van der Waals surface area contributed by atoms with Crippen LogP contribution in [0.25, 0.3) is 0 Å². The molecule has 1 N–H and O–H groups in total. The predicted octanol–water partition coefficient (Wildman–Crippen LogP) is 2.04. The highest BCUT2D eigenvalue weighted by atomic mass is 32.1. The highest BCUT2D eigenvalue weighted by molar-refractivity contribution is 7.09. The second-order valence-electron chi connectivity index (χ2n) is 5.42. The van der Waals surface area contributed by atoms with Gasteiger partial charge < -0.3 is 10.1 Å². The molecule has 1 aromatic rings. The summed E-state index contributed by atoms with van der Waals surface area (Å²) in [6, 6.07) is 0.517. The maximum absolute atomic E-state index is 5.61. The number of aryl methyl sites for hydroxylation is 1. The third-order valence-corrected chi connectivity index (χ3v) is 4.75. The zero-order chi connectivity index (χ0) is 13.7. The Morgan fingerprint density at radius 2 is 2.47 bits per heavy atom. The second kappa shape index (κ2) is 7.33. The first-order valence-electron chi connectivity index (χ1n) is 7.08. The molecule has 1 aromatic heterocycles. The zero-order valence-corrected chi connectivity index (χ0v) is 13.0. The number of likely N-dealkylation sites (N-methyl/N-ethyl adjacent to an activating group) is 1. The Hall–Kier alpha value is -0.490. The largest absolute Gasteiger partial charge is 0.377 e. The normalized spacial score (nSPS) is 21.2. The molecule has 2 heterocycles. The first-order chi connectivity index (χ1) is 9.16. The van der Waals surface area contributed by atoms with E-state index in [4.69, 9.17) is 4.74 Å². The molecule has 0 radical (unpaired) electrons. The summed E-state index contributed by atoms with van der Waals surface area (Å²) in [6.45, 7) is 8.26. The van der Waals surface area contributed by atoms with Crippen LogP contribution in [0.1, 0.15) is 30.3 Å². The van der Waals surface area contributed by atoms with Crippen LogP contribution in [0.5, 0.6) is 0 Å². The van der Waals surface area contributed by atoms with E-state index in [0.717, 1.165) is 31.9 Å². The van der Waals surface area contributed by atoms with E-state index in [1.807, 2.05) is 5.51 Å². The van der Waals surface area contributed by atoms with Gasteiger partial charge in [0.05, 0.1) is 17.3 Å². The number of rotatable bonds is 7. The van der Waals surface area contributed by atoms with Crippen molar-refractivity contribution in [2.45, 2.75) is 45.4 Å². The molecule has 1 fully saturated rings. The van der Waals surface area contributed by atoms with Crippen LogP contribution in [0, 0.1) is 6.92 Å². The lowest BCUT2D eigenvalue weighted by Crippen LogP contribution is -2.39. The Morgan fingerprint density at radius 1 is 1.63 bits per heavy atom. The van der Waals surface area contributed by atoms with Gasteiger partial charge in [0, 0.05) is 37.2 Å². The first kappa shape index (κ1) is 14.9. The molecular formula is C14H25N3OS. The fraction of sp³-hybridized carbons (Fsp3) is 0.786. The minimum absolute atomic E-state index is 0.432. The Labute approximate surface area is 120 Å². The Kier molecular flexibility index (Phi) is 5.76. The molecule has 0 aromatic carbocycles. The highest BCUT2D eigenvalue weighted by Crippen LogP contribution is 2.15. The molecule has 108 valence electrons. The van der Waals surface area contributed by atoms with Gasteiger partial charge in [-0.1, -0.05) is 0 Å². The van der Waals surface area contributed by atoms with Crippen molar-refractivity contribution in [1.29, 1.82) is 0 Å². The monoisotopic (exact) mass is 283 g/mol. The summed E-state index contributed by atoms with van der Waals surface area (Å²) in [4.78, 5) is 8.05. The molecule has 0 spiro atoms. The van der Waals surface area contributed by atoms with Crippen molar-refractivity contribution in [1.82, 2.24) is 15.2 Å². The van der Waals surface area contributed by atoms with E-state index in [1.165, 1.54) is 17.7 Å². The summed E-state index contributed by atoms with van der Waals surface area (Å²) in [5, 5.41) is 3.52. The Morgan fingerprint density at radius 3 is 3.11 bits per heavy atom. The molecule has 1 aliphatic rings. The molecule has 0 amide bonds. The van der Waals surface area contributed by atoms with Gasteiger partial charge in [0.15, 0.2) is 0 Å². The summed E-state index contributed by atoms with van der Waals surface area (Å²) in [6.07, 6.45) is 2.85. The van der Waals surface area contributed by atoms with E-state index in [1.54, 1.807) is 11.3 Å². The van der Waals surface area contributed by atoms with Crippen LogP contribution in [0.3, 0.4) is 0 Å². The fourth-order valence-electron chi connectivity index (χ4n) is 2.27. The number of nitrogens with one attached hydrogen (secondary N) is 1. The summed E-state index contributed by atoms with van der Waals surface area (Å²) >= 11 is 1.75. The molecule has 4 nitrogen and oxygen atoms in total. The van der Waals surface area contributed by atoms with E-state index in [-0.39, 0.29) is 0 Å². The van der Waals surface area contributed by atoms with E-state index < -0.39 is 0 Å². The molecule has 1 aliphatic heterocycles. The molecule has 1 saturated heterocycles. The highest BCUT2D eigenvalue weighted by Gasteiger charge is 2.16. The maximum Gasteiger partial charge on any atom is 0.0798 e. The lowest BCUT2D eigenvalue weighted by atomic mass is 10.2. The smallest absolute Gasteiger partial charge is 0.0798 e. The number of aromatic nitrogens is 1. The molecule has 0 aliphatic carbocycles. The average Bonchev–Trinajstić information content (AvgIpc) is 3.02. The van der Waals surface area contributed by atoms with Crippen LogP contribution in [0.4, 0.5) is 0 Å². The number of thiazole rings is 1. The Bertz CT molecular complexity index is 377. The first-order valence-corrected chi connectivity index (χ1v) is 7.96. The summed E-state index contributed by atoms with van der Waals surface area (Å²) in [7, 11) is 2.18. The van der Waals surface area contributed by atoms with Gasteiger partial charge in [0.2, 0.25) is 0 Å². The molecule has 2 rings (SSSR count). The van der Waals surface area contributed by atoms with Crippen molar-refractivity contribution in [3.05, 3.63) is 16.1 Å². The van der Waals surface area contributed by atoms with Gasteiger partial charge in [-0.05, 0) is 33.7 Å². The van der Waals surface area contributed by atoms with Crippen LogP contribution in [0.2, 0.25) is 0 Å². The van der Waals surface area contributed by atoms with Gasteiger partial charge in [-0.2, -0.15) is 0 Å². The van der Waals surface area contributed by atoms with E-state index in [2.05, 4.69) is 36.1 Å². The molecule has 5 heteroatoms. The standard InChI is InChI=1S/C14H25N3OS/c1-11(7-15-8-13-5-4-6-18-13)17(3)9-14-12(2)16-10-19-14/h10-11,13,15H,4-9H2,1-3H3. The van der Waals surface area contributed by atoms with Crippen LogP contribution in [-0.2, 0) is 11.3 Å². The molecule has 2 unspecified atom stereocenters. The van der Waals surface area contributed by atoms with Gasteiger partial charge in [-0.25, -0.2) is 4.98 Å². The number of hydrogen-bond acceptors (Lipinski definition) is 5. The van der Waals surface area contributed by atoms with Crippen molar-refractivity contribution in [2.75, 3.05) is 26.7 Å². The van der Waals surface area contributed by atoms with Gasteiger partial charge in [0.25, 0.3) is 0 Å². The number of nitrogens with zero attached hydrogens (tertiary/aromatic N) is 2. The third-order valence-electron chi connectivity index (χ3n) is 3.83. The minimum Gasteiger partial charge on any atom is -0.377 e. The lowest BCUT2D eigenvalue weighted by Gasteiger charge is -2.25. The van der Waals surface area contributed by atoms with Crippen molar-refractivity contribution < 1.29 is 4.74 Å². The summed E-state index contributed by atoms with van der Waals surface area (Å²) in [5.74, 6) is 0. The number of ether oxygens (including phenoxy) is 1. The average molecular weight is 283 g/mol. The lowest BCUT2D eigenvalue weighted by molar-refractivity contribution is 0.108. The van der Waals surface area contributed by atoms with Crippen LogP contribution in [0.15, 0.2) is 5.51 Å². The second-order valence-corrected chi connectivity index (χ2v) is 6.36. The van der Waals surface area contributed by atoms with Gasteiger partial charge in [-0.15, -0.1) is 11.3 Å². The van der Waals surface area contributed by atoms with Crippen molar-refractivity contribution >= 4 is 11.3 Å². The van der Waals surface area contributed by atoms with Crippen molar-refractivity contribution in [3.8, 4) is 0 Å². The molecular weight excluding hydrogens is 258 g/mol. The topological polar surface area (TPSA) is 37.4 Å². The molecule has 2 atom stereocenters. The van der Waals surface area contributed by atoms with Crippen molar-refractivity contribution in [2.24, 2.45) is 0 Å². The van der Waals surface area contributed by atoms with Gasteiger partial charge in [-0.3, -0.25) is 4.90 Å². The van der Waals surface area contributed by atoms with Gasteiger partial charge in [0.1, 0.15) is 0 Å². The fourth-order valence-corrected chi connectivity index (χ4v) is 3.11. The summed E-state index contributed by atoms with van der Waals surface area (Å²) in [5.41, 5.74) is 3.09. The third kappa shape index (κ3) is 4.53. The maximum atomic E-state index is 5.61. The van der Waals surface area contributed by atoms with E-state index in [0.29, 0.717) is 12.1 Å². The Balaban J connectivity index is 1.67. The summed E-state index contributed by atoms with van der Waals surface area (Å²) < 4.78 is 5.61. The van der Waals surface area contributed by atoms with Crippen molar-refractivity contribution in [3.63, 3.8) is 0 Å². The minimum atomic E-state index is 0.432. The molecule has 19 heavy (non-hydrogen) atoms. The van der Waals surface area contributed by atoms with Crippen LogP contribution < -0.4 is 5.32 Å². The zero-order valence-electron chi connectivity index (χ0n) is 12.2. The number of hydrogen-bond donors (Lipinski definition) is 1.